The quantitative estimate of drug-likeness (QED) is 0.335. The Morgan fingerprint density at radius 2 is 0.500 bits per heavy atom. The monoisotopic (exact) mass is 160 g/mol. The SMILES string of the molecule is [Ga+3].[Na+].[OH-].[OH-].[OH-].[OH-]. The van der Waals surface area contributed by atoms with E-state index in [1.54, 1.807) is 0 Å². The molecule has 6 heavy (non-hydrogen) atoms. The van der Waals surface area contributed by atoms with E-state index < -0.39 is 0 Å². The molecule has 0 spiro atoms. The van der Waals surface area contributed by atoms with Crippen molar-refractivity contribution in [1.82, 2.24) is 0 Å². The smallest absolute Gasteiger partial charge is 0.870 e. The first-order valence-electron chi connectivity index (χ1n) is 0. The summed E-state index contributed by atoms with van der Waals surface area (Å²) in [5.74, 6) is 0. The summed E-state index contributed by atoms with van der Waals surface area (Å²) in [7, 11) is 0. The fourth-order valence-electron chi connectivity index (χ4n) is 0. The van der Waals surface area contributed by atoms with Crippen LogP contribution in [0.4, 0.5) is 0 Å². The van der Waals surface area contributed by atoms with E-state index in [2.05, 4.69) is 0 Å². The molecule has 6 heteroatoms. The van der Waals surface area contributed by atoms with Crippen LogP contribution in [0.2, 0.25) is 0 Å². The van der Waals surface area contributed by atoms with Gasteiger partial charge in [0.1, 0.15) is 0 Å². The largest absolute Gasteiger partial charge is 3.00 e. The maximum absolute atomic E-state index is 0. The van der Waals surface area contributed by atoms with E-state index in [1.165, 1.54) is 0 Å². The second kappa shape index (κ2) is 89.1. The summed E-state index contributed by atoms with van der Waals surface area (Å²) < 4.78 is 0. The van der Waals surface area contributed by atoms with Gasteiger partial charge < -0.3 is 21.9 Å². The standard InChI is InChI=1S/Ga.Na.4H2O/h;;4*1H2/q+3;+1;;;;/p-4. The Morgan fingerprint density at radius 1 is 0.500 bits per heavy atom. The number of hydrogen-bond donors (Lipinski definition) is 0. The van der Waals surface area contributed by atoms with Gasteiger partial charge in [-0.25, -0.2) is 0 Å². The third-order valence-electron chi connectivity index (χ3n) is 0. The Hall–Kier alpha value is 1.48. The summed E-state index contributed by atoms with van der Waals surface area (Å²) in [5.41, 5.74) is 0. The first-order valence-corrected chi connectivity index (χ1v) is 0. The molecule has 0 atom stereocenters. The van der Waals surface area contributed by atoms with Crippen LogP contribution in [0.15, 0.2) is 0 Å². The molecular formula is H4GaNaO4. The van der Waals surface area contributed by atoms with Gasteiger partial charge in [-0.15, -0.1) is 0 Å². The zero-order valence-electron chi connectivity index (χ0n) is 3.37. The van der Waals surface area contributed by atoms with Gasteiger partial charge in [-0.2, -0.15) is 0 Å². The first kappa shape index (κ1) is 144. The van der Waals surface area contributed by atoms with E-state index in [-0.39, 0.29) is 71.3 Å². The molecular weight excluding hydrogens is 157 g/mol. The summed E-state index contributed by atoms with van der Waals surface area (Å²) in [6.07, 6.45) is 0. The fourth-order valence-corrected chi connectivity index (χ4v) is 0. The summed E-state index contributed by atoms with van der Waals surface area (Å²) in [6.45, 7) is 0. The third kappa shape index (κ3) is 50.3. The maximum atomic E-state index is 0. The third-order valence-corrected chi connectivity index (χ3v) is 0. The van der Waals surface area contributed by atoms with Crippen LogP contribution < -0.4 is 29.6 Å². The van der Waals surface area contributed by atoms with Gasteiger partial charge in [0.2, 0.25) is 0 Å². The number of hydrogen-bond acceptors (Lipinski definition) is 4. The molecule has 0 saturated heterocycles. The zero-order valence-corrected chi connectivity index (χ0v) is 7.79. The van der Waals surface area contributed by atoms with Gasteiger partial charge in [-0.3, -0.25) is 0 Å². The molecule has 4 nitrogen and oxygen atoms in total. The van der Waals surface area contributed by atoms with Crippen molar-refractivity contribution in [2.45, 2.75) is 0 Å². The molecule has 0 bridgehead atoms. The van der Waals surface area contributed by atoms with Crippen molar-refractivity contribution in [2.24, 2.45) is 0 Å². The van der Waals surface area contributed by atoms with E-state index in [1.807, 2.05) is 0 Å². The minimum absolute atomic E-state index is 0. The van der Waals surface area contributed by atoms with Gasteiger partial charge in [0.15, 0.2) is 0 Å². The van der Waals surface area contributed by atoms with E-state index in [0.717, 1.165) is 0 Å². The second-order valence-corrected chi connectivity index (χ2v) is 0. The molecule has 0 amide bonds. The van der Waals surface area contributed by atoms with Crippen molar-refractivity contribution in [3.05, 3.63) is 0 Å². The first-order chi connectivity index (χ1) is 0. The molecule has 0 radical (unpaired) electrons. The van der Waals surface area contributed by atoms with Crippen LogP contribution >= 0.6 is 0 Å². The van der Waals surface area contributed by atoms with Crippen molar-refractivity contribution in [2.75, 3.05) is 0 Å². The van der Waals surface area contributed by atoms with Crippen LogP contribution in [0.1, 0.15) is 0 Å². The zero-order chi connectivity index (χ0) is 0. The van der Waals surface area contributed by atoms with Gasteiger partial charge in [0, 0.05) is 0 Å². The molecule has 0 rings (SSSR count). The maximum Gasteiger partial charge on any atom is 3.00 e. The topological polar surface area (TPSA) is 120 Å². The van der Waals surface area contributed by atoms with Gasteiger partial charge >= 0.3 is 49.3 Å². The van der Waals surface area contributed by atoms with E-state index in [9.17, 15) is 0 Å². The molecule has 0 aromatic rings. The van der Waals surface area contributed by atoms with Crippen molar-refractivity contribution in [3.63, 3.8) is 0 Å². The normalized spacial score (nSPS) is 0. The van der Waals surface area contributed by atoms with E-state index in [4.69, 9.17) is 0 Å². The molecule has 0 unspecified atom stereocenters. The average Bonchev–Trinajstić information content (AvgIpc) is 0. The molecule has 0 aliphatic carbocycles. The van der Waals surface area contributed by atoms with Crippen LogP contribution in [0.3, 0.4) is 0 Å². The predicted octanol–water partition coefficient (Wildman–Crippen LogP) is -4.08. The molecule has 0 aliphatic rings. The summed E-state index contributed by atoms with van der Waals surface area (Å²) >= 11 is 0. The van der Waals surface area contributed by atoms with Crippen molar-refractivity contribution in [1.29, 1.82) is 0 Å². The predicted molar refractivity (Wildman–Crippen MR) is 13.5 cm³/mol. The molecule has 0 aromatic carbocycles. The Labute approximate surface area is 70.9 Å². The van der Waals surface area contributed by atoms with E-state index >= 15 is 0 Å². The minimum Gasteiger partial charge on any atom is -0.870 e. The Kier molecular flexibility index (Phi) is 2140. The van der Waals surface area contributed by atoms with Crippen molar-refractivity contribution in [3.8, 4) is 0 Å². The van der Waals surface area contributed by atoms with Gasteiger partial charge in [-0.1, -0.05) is 0 Å². The molecule has 4 N–H and O–H groups in total. The molecule has 0 fully saturated rings. The van der Waals surface area contributed by atoms with Crippen LogP contribution in [-0.4, -0.2) is 41.7 Å². The van der Waals surface area contributed by atoms with Crippen LogP contribution in [0.25, 0.3) is 0 Å². The Morgan fingerprint density at radius 3 is 0.500 bits per heavy atom. The van der Waals surface area contributed by atoms with Gasteiger partial charge in [0.05, 0.1) is 0 Å². The number of rotatable bonds is 0. The van der Waals surface area contributed by atoms with Crippen LogP contribution in [0.5, 0.6) is 0 Å². The molecule has 0 saturated carbocycles. The van der Waals surface area contributed by atoms with Crippen molar-refractivity contribution >= 4 is 19.8 Å². The minimum atomic E-state index is 0. The Bertz CT molecular complexity index is 7.51. The van der Waals surface area contributed by atoms with Gasteiger partial charge in [-0.05, 0) is 0 Å². The summed E-state index contributed by atoms with van der Waals surface area (Å²) in [5, 5.41) is 0. The summed E-state index contributed by atoms with van der Waals surface area (Å²) in [4.78, 5) is 0. The van der Waals surface area contributed by atoms with Crippen LogP contribution in [0, 0.1) is 0 Å². The second-order valence-electron chi connectivity index (χ2n) is 0. The Balaban J connectivity index is 0. The molecule has 0 aliphatic heterocycles. The van der Waals surface area contributed by atoms with Crippen molar-refractivity contribution < 1.29 is 51.5 Å². The molecule has 32 valence electrons. The fraction of sp³-hybridized carbons (Fsp3) is 0. The van der Waals surface area contributed by atoms with E-state index in [0.29, 0.717) is 0 Å². The molecule has 0 aromatic heterocycles. The molecule has 0 heterocycles. The van der Waals surface area contributed by atoms with Crippen LogP contribution in [-0.2, 0) is 0 Å². The average molecular weight is 161 g/mol. The van der Waals surface area contributed by atoms with Gasteiger partial charge in [0.25, 0.3) is 0 Å². The summed E-state index contributed by atoms with van der Waals surface area (Å²) in [6, 6.07) is 0.